The third kappa shape index (κ3) is 6.24. The minimum atomic E-state index is -3.36. The van der Waals surface area contributed by atoms with Crippen LogP contribution in [0.15, 0.2) is 83.9 Å². The highest BCUT2D eigenvalue weighted by molar-refractivity contribution is 7.90. The summed E-state index contributed by atoms with van der Waals surface area (Å²) >= 11 is 0. The molecule has 0 aliphatic heterocycles. The van der Waals surface area contributed by atoms with Gasteiger partial charge in [-0.25, -0.2) is 8.42 Å². The van der Waals surface area contributed by atoms with Gasteiger partial charge in [0.15, 0.2) is 9.84 Å². The Morgan fingerprint density at radius 2 is 1.74 bits per heavy atom. The number of aromatic nitrogens is 1. The van der Waals surface area contributed by atoms with Crippen LogP contribution in [0.1, 0.15) is 44.4 Å². The second-order valence-electron chi connectivity index (χ2n) is 10.4. The quantitative estimate of drug-likeness (QED) is 0.224. The second kappa shape index (κ2) is 10.8. The highest BCUT2D eigenvalue weighted by atomic mass is 32.2. The van der Waals surface area contributed by atoms with Gasteiger partial charge in [-0.2, -0.15) is 5.26 Å². The van der Waals surface area contributed by atoms with Crippen molar-refractivity contribution in [1.29, 1.82) is 5.26 Å². The summed E-state index contributed by atoms with van der Waals surface area (Å²) in [6, 6.07) is 24.3. The molecule has 3 aromatic carbocycles. The largest absolute Gasteiger partial charge is 0.350 e. The summed E-state index contributed by atoms with van der Waals surface area (Å²) in [6.45, 7) is 7.55. The van der Waals surface area contributed by atoms with Gasteiger partial charge in [-0.1, -0.05) is 36.4 Å². The number of nitriles is 1. The number of pyridine rings is 1. The summed E-state index contributed by atoms with van der Waals surface area (Å²) in [6.07, 6.45) is 4.70. The number of hydrogen-bond acceptors (Lipinski definition) is 5. The van der Waals surface area contributed by atoms with Gasteiger partial charge < -0.3 is 5.32 Å². The first-order valence-corrected chi connectivity index (χ1v) is 14.5. The van der Waals surface area contributed by atoms with Gasteiger partial charge in [-0.15, -0.1) is 0 Å². The molecule has 39 heavy (non-hydrogen) atoms. The average molecular weight is 538 g/mol. The number of rotatable bonds is 7. The Morgan fingerprint density at radius 3 is 2.38 bits per heavy atom. The van der Waals surface area contributed by atoms with Crippen LogP contribution in [-0.2, 0) is 20.0 Å². The fraction of sp³-hybridized carbons (Fsp3) is 0.219. The van der Waals surface area contributed by atoms with Crippen LogP contribution in [0.5, 0.6) is 0 Å². The second-order valence-corrected chi connectivity index (χ2v) is 12.5. The van der Waals surface area contributed by atoms with E-state index in [0.29, 0.717) is 11.1 Å². The van der Waals surface area contributed by atoms with Crippen molar-refractivity contribution < 1.29 is 13.2 Å². The molecule has 1 aromatic heterocycles. The summed E-state index contributed by atoms with van der Waals surface area (Å²) in [5.74, 6) is -0.257. The van der Waals surface area contributed by atoms with Gasteiger partial charge in [0, 0.05) is 35.0 Å². The van der Waals surface area contributed by atoms with Crippen LogP contribution in [-0.4, -0.2) is 31.6 Å². The summed E-state index contributed by atoms with van der Waals surface area (Å²) in [5.41, 5.74) is 4.65. The van der Waals surface area contributed by atoms with Crippen LogP contribution in [0.2, 0.25) is 0 Å². The number of sulfone groups is 1. The van der Waals surface area contributed by atoms with Crippen molar-refractivity contribution in [2.45, 2.75) is 44.0 Å². The van der Waals surface area contributed by atoms with Crippen LogP contribution in [0.4, 0.5) is 0 Å². The highest BCUT2D eigenvalue weighted by Crippen LogP contribution is 2.34. The van der Waals surface area contributed by atoms with E-state index < -0.39 is 15.3 Å². The molecule has 0 atom stereocenters. The SMILES string of the molecule is CC(C)NC(=O)/C(=C/c1cccc(-c2cc(C(C)(C)C#N)cc3cccnc23)c1)c1ccc(S(C)(=O)=O)cc1. The molecule has 7 heteroatoms. The van der Waals surface area contributed by atoms with Crippen molar-refractivity contribution >= 4 is 38.3 Å². The third-order valence-electron chi connectivity index (χ3n) is 6.47. The van der Waals surface area contributed by atoms with E-state index in [0.717, 1.165) is 39.4 Å². The molecular formula is C32H31N3O3S. The van der Waals surface area contributed by atoms with Crippen LogP contribution < -0.4 is 5.32 Å². The zero-order valence-electron chi connectivity index (χ0n) is 22.7. The lowest BCUT2D eigenvalue weighted by Crippen LogP contribution is -2.30. The molecule has 4 rings (SSSR count). The van der Waals surface area contributed by atoms with E-state index in [-0.39, 0.29) is 16.8 Å². The van der Waals surface area contributed by atoms with Gasteiger partial charge in [-0.3, -0.25) is 9.78 Å². The van der Waals surface area contributed by atoms with Gasteiger partial charge in [0.25, 0.3) is 5.91 Å². The van der Waals surface area contributed by atoms with Crippen LogP contribution in [0.25, 0.3) is 33.7 Å². The monoisotopic (exact) mass is 537 g/mol. The van der Waals surface area contributed by atoms with Crippen LogP contribution in [0.3, 0.4) is 0 Å². The highest BCUT2D eigenvalue weighted by Gasteiger charge is 2.22. The van der Waals surface area contributed by atoms with E-state index in [1.807, 2.05) is 76.2 Å². The summed E-state index contributed by atoms with van der Waals surface area (Å²) < 4.78 is 23.9. The van der Waals surface area contributed by atoms with E-state index in [1.54, 1.807) is 24.4 Å². The Hall–Kier alpha value is -4.28. The maximum absolute atomic E-state index is 13.2. The molecule has 0 unspecified atom stereocenters. The average Bonchev–Trinajstić information content (AvgIpc) is 2.90. The van der Waals surface area contributed by atoms with Gasteiger partial charge in [-0.05, 0) is 92.4 Å². The zero-order valence-corrected chi connectivity index (χ0v) is 23.5. The standard InChI is InChI=1S/C32H31N3O3S/c1-21(2)35-31(36)29(23-11-13-27(14-12-23)39(5,37)38)17-22-8-6-9-24(16-22)28-19-26(32(3,4)20-33)18-25-10-7-15-34-30(25)28/h6-19,21H,1-5H3,(H,35,36)/b29-17+. The maximum Gasteiger partial charge on any atom is 0.252 e. The molecule has 0 aliphatic rings. The molecule has 1 heterocycles. The Kier molecular flexibility index (Phi) is 7.71. The molecule has 1 N–H and O–H groups in total. The zero-order chi connectivity index (χ0) is 28.4. The van der Waals surface area contributed by atoms with E-state index in [9.17, 15) is 18.5 Å². The number of benzene rings is 3. The van der Waals surface area contributed by atoms with Crippen LogP contribution >= 0.6 is 0 Å². The van der Waals surface area contributed by atoms with Crippen molar-refractivity contribution in [1.82, 2.24) is 10.3 Å². The number of amides is 1. The first-order chi connectivity index (χ1) is 18.4. The Bertz CT molecular complexity index is 1730. The van der Waals surface area contributed by atoms with Crippen molar-refractivity contribution in [2.24, 2.45) is 0 Å². The fourth-order valence-electron chi connectivity index (χ4n) is 4.30. The van der Waals surface area contributed by atoms with E-state index in [4.69, 9.17) is 0 Å². The Morgan fingerprint density at radius 1 is 1.03 bits per heavy atom. The predicted octanol–water partition coefficient (Wildman–Crippen LogP) is 6.17. The fourth-order valence-corrected chi connectivity index (χ4v) is 4.93. The minimum Gasteiger partial charge on any atom is -0.350 e. The van der Waals surface area contributed by atoms with Gasteiger partial charge >= 0.3 is 0 Å². The summed E-state index contributed by atoms with van der Waals surface area (Å²) in [4.78, 5) is 18.0. The Labute approximate surface area is 230 Å². The topological polar surface area (TPSA) is 99.9 Å². The van der Waals surface area contributed by atoms with Crippen molar-refractivity contribution in [2.75, 3.05) is 6.26 Å². The number of carbonyl (C=O) groups is 1. The molecule has 1 amide bonds. The maximum atomic E-state index is 13.2. The molecule has 0 aliphatic carbocycles. The lowest BCUT2D eigenvalue weighted by molar-refractivity contribution is -0.116. The minimum absolute atomic E-state index is 0.0776. The first-order valence-electron chi connectivity index (χ1n) is 12.6. The lowest BCUT2D eigenvalue weighted by Gasteiger charge is -2.19. The Balaban J connectivity index is 1.86. The smallest absolute Gasteiger partial charge is 0.252 e. The molecule has 0 bridgehead atoms. The number of fused-ring (bicyclic) bond motifs is 1. The van der Waals surface area contributed by atoms with Crippen LogP contribution in [0, 0.1) is 11.3 Å². The molecule has 0 radical (unpaired) electrons. The number of hydrogen-bond donors (Lipinski definition) is 1. The normalized spacial score (nSPS) is 12.4. The van der Waals surface area contributed by atoms with E-state index in [2.05, 4.69) is 16.4 Å². The first kappa shape index (κ1) is 27.7. The molecule has 0 spiro atoms. The predicted molar refractivity (Wildman–Crippen MR) is 157 cm³/mol. The van der Waals surface area contributed by atoms with Gasteiger partial charge in [0.1, 0.15) is 0 Å². The van der Waals surface area contributed by atoms with Crippen molar-refractivity contribution in [3.8, 4) is 17.2 Å². The number of carbonyl (C=O) groups excluding carboxylic acids is 1. The molecule has 4 aromatic rings. The molecule has 198 valence electrons. The summed E-state index contributed by atoms with van der Waals surface area (Å²) in [7, 11) is -3.36. The van der Waals surface area contributed by atoms with E-state index >= 15 is 0 Å². The third-order valence-corrected chi connectivity index (χ3v) is 7.60. The lowest BCUT2D eigenvalue weighted by atomic mass is 9.83. The van der Waals surface area contributed by atoms with E-state index in [1.165, 1.54) is 12.1 Å². The van der Waals surface area contributed by atoms with Gasteiger partial charge in [0.05, 0.1) is 21.9 Å². The molecular weight excluding hydrogens is 506 g/mol. The van der Waals surface area contributed by atoms with Crippen molar-refractivity contribution in [3.05, 3.63) is 95.7 Å². The molecule has 0 fully saturated rings. The van der Waals surface area contributed by atoms with Crippen molar-refractivity contribution in [3.63, 3.8) is 0 Å². The van der Waals surface area contributed by atoms with Gasteiger partial charge in [0.2, 0.25) is 0 Å². The molecule has 0 saturated heterocycles. The molecule has 6 nitrogen and oxygen atoms in total. The summed E-state index contributed by atoms with van der Waals surface area (Å²) in [5, 5.41) is 13.6. The number of nitrogens with zero attached hydrogens (tertiary/aromatic N) is 2. The number of nitrogens with one attached hydrogen (secondary N) is 1. The molecule has 0 saturated carbocycles.